The van der Waals surface area contributed by atoms with Crippen molar-refractivity contribution in [2.45, 2.75) is 115 Å². The molecule has 4 rings (SSSR count). The Bertz CT molecular complexity index is 1990. The standard InChI is InChI=1S/C42H54F6N6O12/c1-41(2,3)63-19-31-37(59)53(9-7-51(31)33(55)15-23(49)11-21-13-27(45)29(47)17-25(21)43)65-39(61)35(57)36(58)40(62)66-54-10-8-52(32(38(54)60)20-64-42(4,5)6)34(56)16-24(50)12-22-14-28(46)30(48)18-26(22)44/h13-14,17-18,23-24,31-32,35-36,57-58H,7-12,15-16,19-20,49-50H2,1-6H3/t23-,24-,31-,32-,35?,36?/m1/s1. The second-order valence-corrected chi connectivity index (χ2v) is 17.7. The van der Waals surface area contributed by atoms with E-state index in [2.05, 4.69) is 0 Å². The third-order valence-corrected chi connectivity index (χ3v) is 10.1. The molecule has 0 spiro atoms. The molecule has 0 aromatic heterocycles. The molecule has 2 aliphatic heterocycles. The highest BCUT2D eigenvalue weighted by molar-refractivity contribution is 5.92. The summed E-state index contributed by atoms with van der Waals surface area (Å²) in [6.45, 7) is 7.30. The first-order valence-corrected chi connectivity index (χ1v) is 20.6. The van der Waals surface area contributed by atoms with Crippen LogP contribution in [0.1, 0.15) is 65.5 Å². The molecular weight excluding hydrogens is 894 g/mol. The molecule has 6 N–H and O–H groups in total. The lowest BCUT2D eigenvalue weighted by atomic mass is 10.0. The van der Waals surface area contributed by atoms with Crippen molar-refractivity contribution >= 4 is 35.6 Å². The molecule has 2 aromatic rings. The lowest BCUT2D eigenvalue weighted by molar-refractivity contribution is -0.228. The molecule has 0 saturated carbocycles. The number of benzene rings is 2. The molecule has 0 bridgehead atoms. The van der Waals surface area contributed by atoms with Gasteiger partial charge in [0.1, 0.15) is 23.7 Å². The van der Waals surface area contributed by atoms with Crippen LogP contribution in [0.4, 0.5) is 26.3 Å². The average molecular weight is 949 g/mol. The van der Waals surface area contributed by atoms with Gasteiger partial charge >= 0.3 is 11.9 Å². The van der Waals surface area contributed by atoms with Crippen LogP contribution in [0.5, 0.6) is 0 Å². The van der Waals surface area contributed by atoms with Crippen LogP contribution in [0.15, 0.2) is 24.3 Å². The Hall–Kier alpha value is -5.40. The fourth-order valence-electron chi connectivity index (χ4n) is 6.70. The molecule has 24 heteroatoms. The quantitative estimate of drug-likeness (QED) is 0.128. The Balaban J connectivity index is 1.39. The van der Waals surface area contributed by atoms with Gasteiger partial charge in [-0.05, 0) is 77.6 Å². The van der Waals surface area contributed by atoms with Crippen molar-refractivity contribution in [3.8, 4) is 0 Å². The largest absolute Gasteiger partial charge is 0.379 e. The van der Waals surface area contributed by atoms with Gasteiger partial charge in [-0.1, -0.05) is 0 Å². The van der Waals surface area contributed by atoms with Gasteiger partial charge in [-0.2, -0.15) is 10.1 Å². The Kier molecular flexibility index (Phi) is 17.7. The van der Waals surface area contributed by atoms with Crippen molar-refractivity contribution in [1.82, 2.24) is 19.9 Å². The number of ether oxygens (including phenoxy) is 2. The third kappa shape index (κ3) is 14.3. The Morgan fingerprint density at radius 3 is 1.23 bits per heavy atom. The minimum absolute atomic E-state index is 0.297. The van der Waals surface area contributed by atoms with Crippen molar-refractivity contribution < 1.29 is 84.5 Å². The Morgan fingerprint density at radius 2 is 0.909 bits per heavy atom. The van der Waals surface area contributed by atoms with Crippen LogP contribution in [0.25, 0.3) is 0 Å². The molecule has 2 saturated heterocycles. The summed E-state index contributed by atoms with van der Waals surface area (Å²) in [6, 6.07) is -3.30. The highest BCUT2D eigenvalue weighted by Crippen LogP contribution is 2.23. The maximum Gasteiger partial charge on any atom is 0.364 e. The first-order valence-electron chi connectivity index (χ1n) is 20.6. The van der Waals surface area contributed by atoms with Crippen molar-refractivity contribution in [1.29, 1.82) is 0 Å². The van der Waals surface area contributed by atoms with Gasteiger partial charge in [0.05, 0.1) is 37.5 Å². The van der Waals surface area contributed by atoms with Gasteiger partial charge in [-0.3, -0.25) is 19.2 Å². The van der Waals surface area contributed by atoms with Gasteiger partial charge in [0.25, 0.3) is 11.8 Å². The molecule has 366 valence electrons. The highest BCUT2D eigenvalue weighted by Gasteiger charge is 2.45. The molecule has 2 aromatic carbocycles. The number of hydrogen-bond donors (Lipinski definition) is 4. The van der Waals surface area contributed by atoms with Gasteiger partial charge in [0.2, 0.25) is 11.8 Å². The van der Waals surface area contributed by atoms with Gasteiger partial charge in [0.15, 0.2) is 35.5 Å². The highest BCUT2D eigenvalue weighted by atomic mass is 19.2. The number of aliphatic hydroxyl groups excluding tert-OH is 2. The van der Waals surface area contributed by atoms with Crippen LogP contribution in [-0.2, 0) is 60.8 Å². The number of hydrogen-bond acceptors (Lipinski definition) is 14. The SMILES string of the molecule is CC(C)(C)OC[C@@H]1C(=O)N(OC(=O)C(O)C(O)C(=O)ON2CCN(C(=O)C[C@H](N)Cc3cc(F)c(F)cc3F)[C@H](COC(C)(C)C)C2=O)CCN1C(=O)C[C@H](N)Cc1cc(F)c(F)cc1F. The van der Waals surface area contributed by atoms with Gasteiger partial charge in [-0.25, -0.2) is 35.9 Å². The Morgan fingerprint density at radius 1 is 0.591 bits per heavy atom. The van der Waals surface area contributed by atoms with Crippen LogP contribution in [0.2, 0.25) is 0 Å². The fraction of sp³-hybridized carbons (Fsp3) is 0.571. The topological polar surface area (TPSA) is 245 Å². The van der Waals surface area contributed by atoms with E-state index in [0.29, 0.717) is 34.4 Å². The van der Waals surface area contributed by atoms with E-state index < -0.39 is 157 Å². The fourth-order valence-corrected chi connectivity index (χ4v) is 6.70. The molecule has 6 atom stereocenters. The van der Waals surface area contributed by atoms with E-state index in [0.717, 1.165) is 9.80 Å². The summed E-state index contributed by atoms with van der Waals surface area (Å²) in [4.78, 5) is 92.4. The number of nitrogens with zero attached hydrogens (tertiary/aromatic N) is 4. The summed E-state index contributed by atoms with van der Waals surface area (Å²) < 4.78 is 94.3. The zero-order valence-corrected chi connectivity index (χ0v) is 37.0. The van der Waals surface area contributed by atoms with Gasteiger partial charge in [-0.15, -0.1) is 0 Å². The number of halogens is 6. The molecule has 2 unspecified atom stereocenters. The summed E-state index contributed by atoms with van der Waals surface area (Å²) >= 11 is 0. The van der Waals surface area contributed by atoms with Crippen molar-refractivity contribution in [2.24, 2.45) is 11.5 Å². The number of rotatable bonds is 17. The van der Waals surface area contributed by atoms with Crippen LogP contribution < -0.4 is 11.5 Å². The molecule has 0 aliphatic carbocycles. The van der Waals surface area contributed by atoms with Crippen molar-refractivity contribution in [3.05, 3.63) is 70.3 Å². The minimum atomic E-state index is -2.72. The van der Waals surface area contributed by atoms with E-state index >= 15 is 0 Å². The predicted octanol–water partition coefficient (Wildman–Crippen LogP) is 1.09. The summed E-state index contributed by atoms with van der Waals surface area (Å²) in [6.07, 6.45) is -7.20. The van der Waals surface area contributed by atoms with E-state index in [1.165, 1.54) is 0 Å². The normalized spacial score (nSPS) is 19.1. The number of piperazine rings is 2. The lowest BCUT2D eigenvalue weighted by Gasteiger charge is -2.40. The second kappa shape index (κ2) is 21.9. The average Bonchev–Trinajstić information content (AvgIpc) is 3.20. The predicted molar refractivity (Wildman–Crippen MR) is 215 cm³/mol. The first kappa shape index (κ1) is 53.2. The number of carbonyl (C=O) groups excluding carboxylic acids is 6. The lowest BCUT2D eigenvalue weighted by Crippen LogP contribution is -2.62. The second-order valence-electron chi connectivity index (χ2n) is 17.7. The number of amides is 4. The molecular formula is C42H54F6N6O12. The molecule has 0 radical (unpaired) electrons. The summed E-state index contributed by atoms with van der Waals surface area (Å²) in [5.74, 6) is -14.7. The molecule has 66 heavy (non-hydrogen) atoms. The number of nitrogens with two attached hydrogens (primary N) is 2. The van der Waals surface area contributed by atoms with E-state index in [1.807, 2.05) is 0 Å². The number of hydroxylamine groups is 4. The number of aliphatic hydroxyl groups is 2. The third-order valence-electron chi connectivity index (χ3n) is 10.1. The van der Waals surface area contributed by atoms with E-state index in [1.54, 1.807) is 41.5 Å². The van der Waals surface area contributed by atoms with E-state index in [4.69, 9.17) is 30.6 Å². The maximum absolute atomic E-state index is 14.3. The van der Waals surface area contributed by atoms with Gasteiger partial charge in [0, 0.05) is 50.1 Å². The van der Waals surface area contributed by atoms with Crippen LogP contribution in [0, 0.1) is 34.9 Å². The first-order chi connectivity index (χ1) is 30.6. The molecule has 2 fully saturated rings. The zero-order chi connectivity index (χ0) is 49.6. The van der Waals surface area contributed by atoms with Crippen LogP contribution in [-0.4, -0.2) is 153 Å². The van der Waals surface area contributed by atoms with Crippen molar-refractivity contribution in [2.75, 3.05) is 39.4 Å². The molecule has 18 nitrogen and oxygen atoms in total. The number of carbonyl (C=O) groups is 6. The van der Waals surface area contributed by atoms with Gasteiger partial charge < -0.3 is 50.6 Å². The maximum atomic E-state index is 14.3. The summed E-state index contributed by atoms with van der Waals surface area (Å²) in [5, 5.41) is 22.2. The van der Waals surface area contributed by atoms with E-state index in [-0.39, 0.29) is 37.1 Å². The van der Waals surface area contributed by atoms with Crippen LogP contribution >= 0.6 is 0 Å². The summed E-state index contributed by atoms with van der Waals surface area (Å²) in [5.41, 5.74) is 9.79. The monoisotopic (exact) mass is 948 g/mol. The molecule has 2 aliphatic rings. The van der Waals surface area contributed by atoms with Crippen LogP contribution in [0.3, 0.4) is 0 Å². The smallest absolute Gasteiger partial charge is 0.364 e. The molecule has 2 heterocycles. The minimum Gasteiger partial charge on any atom is -0.379 e. The summed E-state index contributed by atoms with van der Waals surface area (Å²) in [7, 11) is 0. The molecule has 4 amide bonds. The van der Waals surface area contributed by atoms with E-state index in [9.17, 15) is 65.3 Å². The van der Waals surface area contributed by atoms with Crippen molar-refractivity contribution in [3.63, 3.8) is 0 Å². The Labute approximate surface area is 375 Å². The zero-order valence-electron chi connectivity index (χ0n) is 37.0.